The maximum Gasteiger partial charge on any atom is 0.338 e. The first-order valence-corrected chi connectivity index (χ1v) is 6.83. The van der Waals surface area contributed by atoms with E-state index in [2.05, 4.69) is 19.2 Å². The molecule has 0 aliphatic carbocycles. The van der Waals surface area contributed by atoms with Crippen LogP contribution in [-0.2, 0) is 4.74 Å². The van der Waals surface area contributed by atoms with E-state index in [0.717, 1.165) is 25.8 Å². The molecule has 1 unspecified atom stereocenters. The number of halogens is 1. The number of hydrogen-bond acceptors (Lipinski definition) is 3. The maximum absolute atomic E-state index is 12.7. The summed E-state index contributed by atoms with van der Waals surface area (Å²) in [5.74, 6) is -0.764. The van der Waals surface area contributed by atoms with Gasteiger partial charge in [0.25, 0.3) is 0 Å². The molecule has 19 heavy (non-hydrogen) atoms. The van der Waals surface area contributed by atoms with Gasteiger partial charge in [-0.15, -0.1) is 0 Å². The number of unbranched alkanes of at least 4 members (excludes halogenated alkanes) is 1. The summed E-state index contributed by atoms with van der Waals surface area (Å²) in [7, 11) is 0. The van der Waals surface area contributed by atoms with Gasteiger partial charge >= 0.3 is 5.97 Å². The van der Waals surface area contributed by atoms with E-state index in [9.17, 15) is 9.18 Å². The average molecular weight is 267 g/mol. The molecule has 4 heteroatoms. The Balaban J connectivity index is 2.37. The predicted octanol–water partition coefficient (Wildman–Crippen LogP) is 3.15. The lowest BCUT2D eigenvalue weighted by Crippen LogP contribution is -2.34. The van der Waals surface area contributed by atoms with Crippen LogP contribution >= 0.6 is 0 Å². The third-order valence-electron chi connectivity index (χ3n) is 2.95. The van der Waals surface area contributed by atoms with E-state index in [1.54, 1.807) is 0 Å². The fraction of sp³-hybridized carbons (Fsp3) is 0.533. The molecule has 0 heterocycles. The van der Waals surface area contributed by atoms with Crippen LogP contribution in [-0.4, -0.2) is 25.2 Å². The van der Waals surface area contributed by atoms with Crippen molar-refractivity contribution in [2.45, 2.75) is 39.2 Å². The number of ether oxygens (including phenoxy) is 1. The quantitative estimate of drug-likeness (QED) is 0.581. The van der Waals surface area contributed by atoms with Gasteiger partial charge in [0.2, 0.25) is 0 Å². The van der Waals surface area contributed by atoms with Crippen molar-refractivity contribution in [2.75, 3.05) is 13.2 Å². The van der Waals surface area contributed by atoms with Gasteiger partial charge in [0.15, 0.2) is 0 Å². The van der Waals surface area contributed by atoms with E-state index >= 15 is 0 Å². The Kier molecular flexibility index (Phi) is 7.11. The number of hydrogen-bond donors (Lipinski definition) is 1. The van der Waals surface area contributed by atoms with Gasteiger partial charge in [-0.25, -0.2) is 9.18 Å². The van der Waals surface area contributed by atoms with Crippen molar-refractivity contribution in [3.8, 4) is 0 Å². The van der Waals surface area contributed by atoms with Gasteiger partial charge in [-0.3, -0.25) is 0 Å². The van der Waals surface area contributed by atoms with Gasteiger partial charge in [-0.2, -0.15) is 0 Å². The van der Waals surface area contributed by atoms with Crippen LogP contribution in [0.4, 0.5) is 4.39 Å². The van der Waals surface area contributed by atoms with E-state index in [0.29, 0.717) is 12.2 Å². The first-order chi connectivity index (χ1) is 9.17. The SMILES string of the molecule is CCCCNC(CC)COC(=O)c1ccc(F)cc1. The van der Waals surface area contributed by atoms with Crippen LogP contribution in [0.3, 0.4) is 0 Å². The van der Waals surface area contributed by atoms with Crippen LogP contribution in [0.25, 0.3) is 0 Å². The van der Waals surface area contributed by atoms with E-state index < -0.39 is 5.97 Å². The molecule has 1 aromatic rings. The molecule has 0 aliphatic rings. The fourth-order valence-electron chi connectivity index (χ4n) is 1.65. The molecule has 0 spiro atoms. The number of esters is 1. The zero-order valence-corrected chi connectivity index (χ0v) is 11.6. The van der Waals surface area contributed by atoms with Crippen molar-refractivity contribution in [1.29, 1.82) is 0 Å². The molecule has 0 aromatic heterocycles. The Labute approximate surface area is 114 Å². The Morgan fingerprint density at radius 3 is 2.58 bits per heavy atom. The summed E-state index contributed by atoms with van der Waals surface area (Å²) < 4.78 is 18.0. The highest BCUT2D eigenvalue weighted by atomic mass is 19.1. The van der Waals surface area contributed by atoms with Crippen LogP contribution in [0.5, 0.6) is 0 Å². The van der Waals surface area contributed by atoms with E-state index in [4.69, 9.17) is 4.74 Å². The largest absolute Gasteiger partial charge is 0.460 e. The monoisotopic (exact) mass is 267 g/mol. The maximum atomic E-state index is 12.7. The summed E-state index contributed by atoms with van der Waals surface area (Å²) in [5.41, 5.74) is 0.379. The van der Waals surface area contributed by atoms with Crippen LogP contribution in [0.2, 0.25) is 0 Å². The standard InChI is InChI=1S/C15H22FNO2/c1-3-5-10-17-14(4-2)11-19-15(18)12-6-8-13(16)9-7-12/h6-9,14,17H,3-5,10-11H2,1-2H3. The van der Waals surface area contributed by atoms with Crippen LogP contribution in [0, 0.1) is 5.82 Å². The van der Waals surface area contributed by atoms with Gasteiger partial charge in [0, 0.05) is 6.04 Å². The van der Waals surface area contributed by atoms with Crippen molar-refractivity contribution in [3.05, 3.63) is 35.6 Å². The van der Waals surface area contributed by atoms with Crippen molar-refractivity contribution in [1.82, 2.24) is 5.32 Å². The smallest absolute Gasteiger partial charge is 0.338 e. The topological polar surface area (TPSA) is 38.3 Å². The van der Waals surface area contributed by atoms with Crippen molar-refractivity contribution in [2.24, 2.45) is 0 Å². The summed E-state index contributed by atoms with van der Waals surface area (Å²) in [4.78, 5) is 11.7. The molecule has 0 bridgehead atoms. The van der Waals surface area contributed by atoms with Gasteiger partial charge in [0.1, 0.15) is 12.4 Å². The zero-order valence-electron chi connectivity index (χ0n) is 11.6. The molecule has 1 N–H and O–H groups in total. The molecule has 0 saturated heterocycles. The van der Waals surface area contributed by atoms with Gasteiger partial charge < -0.3 is 10.1 Å². The van der Waals surface area contributed by atoms with E-state index in [-0.39, 0.29) is 11.9 Å². The summed E-state index contributed by atoms with van der Waals surface area (Å²) >= 11 is 0. The van der Waals surface area contributed by atoms with Crippen LogP contribution in [0.1, 0.15) is 43.5 Å². The second-order valence-electron chi connectivity index (χ2n) is 4.52. The number of benzene rings is 1. The molecule has 0 fully saturated rings. The lowest BCUT2D eigenvalue weighted by Gasteiger charge is -2.16. The normalized spacial score (nSPS) is 12.2. The van der Waals surface area contributed by atoms with E-state index in [1.807, 2.05) is 0 Å². The van der Waals surface area contributed by atoms with Crippen LogP contribution < -0.4 is 5.32 Å². The third-order valence-corrected chi connectivity index (χ3v) is 2.95. The second-order valence-corrected chi connectivity index (χ2v) is 4.52. The van der Waals surface area contributed by atoms with Gasteiger partial charge in [0.05, 0.1) is 5.56 Å². The molecule has 0 saturated carbocycles. The minimum absolute atomic E-state index is 0.177. The molecule has 1 aromatic carbocycles. The predicted molar refractivity (Wildman–Crippen MR) is 73.7 cm³/mol. The van der Waals surface area contributed by atoms with Crippen LogP contribution in [0.15, 0.2) is 24.3 Å². The fourth-order valence-corrected chi connectivity index (χ4v) is 1.65. The highest BCUT2D eigenvalue weighted by Crippen LogP contribution is 2.05. The minimum Gasteiger partial charge on any atom is -0.460 e. The molecule has 0 amide bonds. The average Bonchev–Trinajstić information content (AvgIpc) is 2.43. The first-order valence-electron chi connectivity index (χ1n) is 6.83. The number of nitrogens with one attached hydrogen (secondary N) is 1. The number of carbonyl (C=O) groups is 1. The zero-order chi connectivity index (χ0) is 14.1. The molecule has 1 atom stereocenters. The molecule has 106 valence electrons. The Bertz CT molecular complexity index is 378. The molecular formula is C15H22FNO2. The lowest BCUT2D eigenvalue weighted by molar-refractivity contribution is 0.0463. The number of rotatable bonds is 8. The molecule has 0 aliphatic heterocycles. The Hall–Kier alpha value is -1.42. The van der Waals surface area contributed by atoms with Crippen molar-refractivity contribution in [3.63, 3.8) is 0 Å². The minimum atomic E-state index is -0.407. The summed E-state index contributed by atoms with van der Waals surface area (Å²) in [6.45, 7) is 5.46. The molecule has 1 rings (SSSR count). The van der Waals surface area contributed by atoms with E-state index in [1.165, 1.54) is 24.3 Å². The Morgan fingerprint density at radius 1 is 1.32 bits per heavy atom. The van der Waals surface area contributed by atoms with Gasteiger partial charge in [-0.1, -0.05) is 20.3 Å². The lowest BCUT2D eigenvalue weighted by atomic mass is 10.2. The summed E-state index contributed by atoms with van der Waals surface area (Å²) in [6, 6.07) is 5.56. The highest BCUT2D eigenvalue weighted by Gasteiger charge is 2.11. The molecule has 3 nitrogen and oxygen atoms in total. The van der Waals surface area contributed by atoms with Crippen molar-refractivity contribution < 1.29 is 13.9 Å². The molecule has 0 radical (unpaired) electrons. The summed E-state index contributed by atoms with van der Waals surface area (Å²) in [6.07, 6.45) is 3.15. The molecular weight excluding hydrogens is 245 g/mol. The van der Waals surface area contributed by atoms with Crippen molar-refractivity contribution >= 4 is 5.97 Å². The second kappa shape index (κ2) is 8.64. The highest BCUT2D eigenvalue weighted by molar-refractivity contribution is 5.89. The Morgan fingerprint density at radius 2 is 2.00 bits per heavy atom. The number of carbonyl (C=O) groups excluding carboxylic acids is 1. The van der Waals surface area contributed by atoms with Gasteiger partial charge in [-0.05, 0) is 43.7 Å². The first kappa shape index (κ1) is 15.6. The third kappa shape index (κ3) is 5.83. The summed E-state index contributed by atoms with van der Waals surface area (Å²) in [5, 5.41) is 3.35.